The van der Waals surface area contributed by atoms with Crippen LogP contribution in [0.1, 0.15) is 0 Å². The normalized spacial score (nSPS) is 9.88. The molecule has 2 heterocycles. The summed E-state index contributed by atoms with van der Waals surface area (Å²) < 4.78 is 0. The van der Waals surface area contributed by atoms with Crippen molar-refractivity contribution in [3.8, 4) is 11.4 Å². The smallest absolute Gasteiger partial charge is 0.0887 e. The van der Waals surface area contributed by atoms with Gasteiger partial charge in [0.1, 0.15) is 0 Å². The van der Waals surface area contributed by atoms with E-state index in [0.717, 1.165) is 22.8 Å². The highest BCUT2D eigenvalue weighted by Crippen LogP contribution is 2.17. The molecule has 0 fully saturated rings. The van der Waals surface area contributed by atoms with Gasteiger partial charge in [-0.05, 0) is 24.3 Å². The highest BCUT2D eigenvalue weighted by atomic mass is 14.9. The van der Waals surface area contributed by atoms with Crippen LogP contribution in [0, 0.1) is 0 Å². The molecule has 0 radical (unpaired) electrons. The van der Waals surface area contributed by atoms with Gasteiger partial charge in [-0.2, -0.15) is 0 Å². The maximum absolute atomic E-state index is 4.33. The summed E-state index contributed by atoms with van der Waals surface area (Å²) in [6.45, 7) is 0. The van der Waals surface area contributed by atoms with Crippen molar-refractivity contribution in [2.45, 2.75) is 0 Å². The van der Waals surface area contributed by atoms with E-state index in [9.17, 15) is 0 Å². The van der Waals surface area contributed by atoms with Gasteiger partial charge in [-0.15, -0.1) is 0 Å². The van der Waals surface area contributed by atoms with Crippen LogP contribution in [0.2, 0.25) is 0 Å². The molecule has 0 aliphatic heterocycles. The van der Waals surface area contributed by atoms with Gasteiger partial charge >= 0.3 is 0 Å². The number of hydrogen-bond donors (Lipinski definition) is 2. The van der Waals surface area contributed by atoms with Crippen LogP contribution in [-0.2, 0) is 0 Å². The van der Waals surface area contributed by atoms with Crippen molar-refractivity contribution in [1.29, 1.82) is 0 Å². The molecule has 2 aromatic heterocycles. The Bertz CT molecular complexity index is 402. The fraction of sp³-hybridized carbons (Fsp3) is 0.167. The number of pyridine rings is 2. The lowest BCUT2D eigenvalue weighted by molar-refractivity contribution is 1.24. The van der Waals surface area contributed by atoms with E-state index in [4.69, 9.17) is 0 Å². The zero-order valence-electron chi connectivity index (χ0n) is 9.36. The van der Waals surface area contributed by atoms with Crippen LogP contribution in [0.4, 0.5) is 11.4 Å². The molecule has 2 N–H and O–H groups in total. The van der Waals surface area contributed by atoms with E-state index in [1.165, 1.54) is 0 Å². The van der Waals surface area contributed by atoms with Crippen LogP contribution in [0.15, 0.2) is 36.7 Å². The van der Waals surface area contributed by atoms with E-state index in [1.807, 2.05) is 38.4 Å². The molecule has 16 heavy (non-hydrogen) atoms. The third kappa shape index (κ3) is 2.11. The molecular weight excluding hydrogens is 200 g/mol. The van der Waals surface area contributed by atoms with Gasteiger partial charge in [-0.1, -0.05) is 0 Å². The van der Waals surface area contributed by atoms with Crippen molar-refractivity contribution < 1.29 is 0 Å². The summed E-state index contributed by atoms with van der Waals surface area (Å²) in [7, 11) is 3.74. The summed E-state index contributed by atoms with van der Waals surface area (Å²) in [6.07, 6.45) is 3.59. The zero-order valence-corrected chi connectivity index (χ0v) is 9.36. The van der Waals surface area contributed by atoms with Gasteiger partial charge < -0.3 is 10.6 Å². The largest absolute Gasteiger partial charge is 0.387 e. The standard InChI is InChI=1S/C12H14N4/c1-13-9-3-5-11(15-7-9)12-6-4-10(14-2)8-16-12/h3-8,13-14H,1-2H3. The Balaban J connectivity index is 2.28. The van der Waals surface area contributed by atoms with Gasteiger partial charge in [0, 0.05) is 14.1 Å². The second-order valence-electron chi connectivity index (χ2n) is 3.36. The van der Waals surface area contributed by atoms with E-state index in [2.05, 4.69) is 20.6 Å². The predicted octanol–water partition coefficient (Wildman–Crippen LogP) is 2.23. The Morgan fingerprint density at radius 1 is 0.750 bits per heavy atom. The molecule has 0 spiro atoms. The van der Waals surface area contributed by atoms with Crippen LogP contribution in [-0.4, -0.2) is 24.1 Å². The summed E-state index contributed by atoms with van der Waals surface area (Å²) >= 11 is 0. The van der Waals surface area contributed by atoms with Gasteiger partial charge in [-0.3, -0.25) is 9.97 Å². The average molecular weight is 214 g/mol. The molecule has 2 rings (SSSR count). The molecule has 4 heteroatoms. The molecule has 0 atom stereocenters. The van der Waals surface area contributed by atoms with Crippen molar-refractivity contribution in [2.24, 2.45) is 0 Å². The monoisotopic (exact) mass is 214 g/mol. The lowest BCUT2D eigenvalue weighted by Gasteiger charge is -2.03. The maximum Gasteiger partial charge on any atom is 0.0887 e. The van der Waals surface area contributed by atoms with Crippen LogP contribution >= 0.6 is 0 Å². The molecule has 2 aromatic rings. The number of rotatable bonds is 3. The second kappa shape index (κ2) is 4.61. The zero-order chi connectivity index (χ0) is 11.4. The van der Waals surface area contributed by atoms with Crippen molar-refractivity contribution in [1.82, 2.24) is 9.97 Å². The molecule has 0 amide bonds. The lowest BCUT2D eigenvalue weighted by atomic mass is 10.2. The van der Waals surface area contributed by atoms with Crippen LogP contribution in [0.25, 0.3) is 11.4 Å². The first-order valence-electron chi connectivity index (χ1n) is 5.11. The Hall–Kier alpha value is -2.10. The van der Waals surface area contributed by atoms with E-state index >= 15 is 0 Å². The Morgan fingerprint density at radius 3 is 1.44 bits per heavy atom. The van der Waals surface area contributed by atoms with Crippen molar-refractivity contribution in [3.63, 3.8) is 0 Å². The summed E-state index contributed by atoms with van der Waals surface area (Å²) in [5.74, 6) is 0. The maximum atomic E-state index is 4.33. The molecule has 0 aliphatic carbocycles. The van der Waals surface area contributed by atoms with Gasteiger partial charge in [0.15, 0.2) is 0 Å². The lowest BCUT2D eigenvalue weighted by Crippen LogP contribution is -1.93. The third-order valence-corrected chi connectivity index (χ3v) is 2.37. The minimum Gasteiger partial charge on any atom is -0.387 e. The van der Waals surface area contributed by atoms with Crippen LogP contribution < -0.4 is 10.6 Å². The van der Waals surface area contributed by atoms with Gasteiger partial charge in [-0.25, -0.2) is 0 Å². The topological polar surface area (TPSA) is 49.8 Å². The average Bonchev–Trinajstić information content (AvgIpc) is 2.39. The molecule has 0 saturated carbocycles. The van der Waals surface area contributed by atoms with Crippen LogP contribution in [0.3, 0.4) is 0 Å². The SMILES string of the molecule is CNc1ccc(-c2ccc(NC)cn2)nc1. The number of aromatic nitrogens is 2. The molecule has 82 valence electrons. The number of nitrogens with one attached hydrogen (secondary N) is 2. The van der Waals surface area contributed by atoms with E-state index < -0.39 is 0 Å². The van der Waals surface area contributed by atoms with E-state index in [1.54, 1.807) is 12.4 Å². The third-order valence-electron chi connectivity index (χ3n) is 2.37. The first kappa shape index (κ1) is 10.4. The fourth-order valence-corrected chi connectivity index (χ4v) is 1.39. The van der Waals surface area contributed by atoms with Crippen LogP contribution in [0.5, 0.6) is 0 Å². The van der Waals surface area contributed by atoms with Gasteiger partial charge in [0.05, 0.1) is 35.2 Å². The Kier molecular flexibility index (Phi) is 3.00. The molecule has 0 bridgehead atoms. The van der Waals surface area contributed by atoms with E-state index in [0.29, 0.717) is 0 Å². The first-order chi connectivity index (χ1) is 7.83. The van der Waals surface area contributed by atoms with E-state index in [-0.39, 0.29) is 0 Å². The van der Waals surface area contributed by atoms with Gasteiger partial charge in [0.25, 0.3) is 0 Å². The minimum absolute atomic E-state index is 0.877. The quantitative estimate of drug-likeness (QED) is 0.822. The number of hydrogen-bond acceptors (Lipinski definition) is 4. The number of nitrogens with zero attached hydrogens (tertiary/aromatic N) is 2. The summed E-state index contributed by atoms with van der Waals surface area (Å²) in [5.41, 5.74) is 3.74. The molecule has 0 aliphatic rings. The molecule has 4 nitrogen and oxygen atoms in total. The summed E-state index contributed by atoms with van der Waals surface area (Å²) in [4.78, 5) is 8.66. The molecule has 0 unspecified atom stereocenters. The highest BCUT2D eigenvalue weighted by Gasteiger charge is 2.00. The Labute approximate surface area is 94.8 Å². The Morgan fingerprint density at radius 2 is 1.19 bits per heavy atom. The molecule has 0 aromatic carbocycles. The van der Waals surface area contributed by atoms with Gasteiger partial charge in [0.2, 0.25) is 0 Å². The van der Waals surface area contributed by atoms with Crippen molar-refractivity contribution >= 4 is 11.4 Å². The second-order valence-corrected chi connectivity index (χ2v) is 3.36. The van der Waals surface area contributed by atoms with Crippen molar-refractivity contribution in [2.75, 3.05) is 24.7 Å². The number of anilines is 2. The van der Waals surface area contributed by atoms with Crippen molar-refractivity contribution in [3.05, 3.63) is 36.7 Å². The summed E-state index contributed by atoms with van der Waals surface area (Å²) in [5, 5.41) is 6.06. The summed E-state index contributed by atoms with van der Waals surface area (Å²) in [6, 6.07) is 7.87. The predicted molar refractivity (Wildman–Crippen MR) is 66.6 cm³/mol. The molecular formula is C12H14N4. The minimum atomic E-state index is 0.877. The highest BCUT2D eigenvalue weighted by molar-refractivity contribution is 5.59. The molecule has 0 saturated heterocycles. The fourth-order valence-electron chi connectivity index (χ4n) is 1.39. The first-order valence-corrected chi connectivity index (χ1v) is 5.11.